The Bertz CT molecular complexity index is 1040. The van der Waals surface area contributed by atoms with Crippen LogP contribution in [0.5, 0.6) is 0 Å². The highest BCUT2D eigenvalue weighted by molar-refractivity contribution is 7.99. The fourth-order valence-corrected chi connectivity index (χ4v) is 6.93. The van der Waals surface area contributed by atoms with E-state index in [9.17, 15) is 0 Å². The van der Waals surface area contributed by atoms with Gasteiger partial charge in [0.15, 0.2) is 11.3 Å². The van der Waals surface area contributed by atoms with E-state index in [1.54, 1.807) is 6.20 Å². The zero-order valence-electron chi connectivity index (χ0n) is 21.4. The van der Waals surface area contributed by atoms with Crippen LogP contribution >= 0.6 is 11.8 Å². The van der Waals surface area contributed by atoms with E-state index in [1.165, 1.54) is 35.4 Å². The smallest absolute Gasteiger partial charge is 0.154 e. The number of anilines is 3. The van der Waals surface area contributed by atoms with Crippen molar-refractivity contribution in [3.63, 3.8) is 0 Å². The van der Waals surface area contributed by atoms with E-state index in [1.807, 2.05) is 24.0 Å². The first-order valence-corrected chi connectivity index (χ1v) is 14.1. The van der Waals surface area contributed by atoms with Gasteiger partial charge >= 0.3 is 0 Å². The first-order chi connectivity index (χ1) is 16.9. The average Bonchev–Trinajstić information content (AvgIpc) is 3.15. The molecule has 2 saturated heterocycles. The topological polar surface area (TPSA) is 64.8 Å². The lowest BCUT2D eigenvalue weighted by molar-refractivity contribution is 0.160. The van der Waals surface area contributed by atoms with Crippen LogP contribution in [-0.2, 0) is 6.54 Å². The maximum absolute atomic E-state index is 5.85. The van der Waals surface area contributed by atoms with Gasteiger partial charge in [-0.25, -0.2) is 9.97 Å². The van der Waals surface area contributed by atoms with E-state index in [0.29, 0.717) is 23.3 Å². The van der Waals surface area contributed by atoms with Crippen molar-refractivity contribution in [1.29, 1.82) is 0 Å². The number of nitrogens with two attached hydrogens (primary N) is 1. The van der Waals surface area contributed by atoms with Gasteiger partial charge in [0.1, 0.15) is 5.82 Å². The zero-order chi connectivity index (χ0) is 24.5. The van der Waals surface area contributed by atoms with Gasteiger partial charge in [-0.15, -0.1) is 11.8 Å². The zero-order valence-corrected chi connectivity index (χ0v) is 22.2. The van der Waals surface area contributed by atoms with Crippen LogP contribution in [0.1, 0.15) is 36.8 Å². The molecule has 2 fully saturated rings. The quantitative estimate of drug-likeness (QED) is 0.644. The van der Waals surface area contributed by atoms with Crippen LogP contribution < -0.4 is 15.5 Å². The summed E-state index contributed by atoms with van der Waals surface area (Å²) in [5, 5.41) is 0. The molecular formula is C27H39N7S. The molecule has 0 aromatic carbocycles. The number of nitrogens with zero attached hydrogens (tertiary/aromatic N) is 6. The Labute approximate surface area is 214 Å². The Morgan fingerprint density at radius 3 is 2.54 bits per heavy atom. The van der Waals surface area contributed by atoms with Crippen LogP contribution in [0, 0.1) is 12.8 Å². The summed E-state index contributed by atoms with van der Waals surface area (Å²) in [4.78, 5) is 19.0. The van der Waals surface area contributed by atoms with Gasteiger partial charge in [-0.3, -0.25) is 4.90 Å². The minimum absolute atomic E-state index is 0.319. The second-order valence-electron chi connectivity index (χ2n) is 10.3. The third kappa shape index (κ3) is 4.96. The standard InChI is InChI=1S/C27H39N7S/c1-19-15-24-26(30-17-19)34(27(35-4)31(24)3)23-8-13-33(14-9-23)20(2)22-6-11-32(12-7-22)18-21-5-10-29-25(28)16-21/h5,10,15-17,22-23,27H,2,6-9,11-14,18H2,1,3-4H3,(H2,28,29). The summed E-state index contributed by atoms with van der Waals surface area (Å²) < 4.78 is 0. The number of hydrogen-bond donors (Lipinski definition) is 1. The predicted molar refractivity (Wildman–Crippen MR) is 148 cm³/mol. The number of hydrogen-bond acceptors (Lipinski definition) is 8. The molecule has 2 aromatic rings. The molecule has 0 amide bonds. The van der Waals surface area contributed by atoms with Gasteiger partial charge < -0.3 is 20.4 Å². The number of pyridine rings is 2. The van der Waals surface area contributed by atoms with Crippen LogP contribution in [0.2, 0.25) is 0 Å². The molecule has 0 aliphatic carbocycles. The molecule has 1 unspecified atom stereocenters. The lowest BCUT2D eigenvalue weighted by atomic mass is 9.91. The van der Waals surface area contributed by atoms with Gasteiger partial charge in [0, 0.05) is 56.7 Å². The fourth-order valence-electron chi connectivity index (χ4n) is 6.00. The fraction of sp³-hybridized carbons (Fsp3) is 0.556. The van der Waals surface area contributed by atoms with E-state index in [0.717, 1.165) is 51.4 Å². The first-order valence-electron chi connectivity index (χ1n) is 12.8. The summed E-state index contributed by atoms with van der Waals surface area (Å²) >= 11 is 1.90. The Kier molecular flexibility index (Phi) is 7.12. The van der Waals surface area contributed by atoms with Crippen molar-refractivity contribution in [2.45, 2.75) is 50.7 Å². The third-order valence-electron chi connectivity index (χ3n) is 7.96. The number of aromatic nitrogens is 2. The van der Waals surface area contributed by atoms with E-state index >= 15 is 0 Å². The molecule has 2 N–H and O–H groups in total. The highest BCUT2D eigenvalue weighted by atomic mass is 32.2. The van der Waals surface area contributed by atoms with Crippen LogP contribution in [0.4, 0.5) is 17.3 Å². The number of piperidine rings is 2. The molecule has 0 saturated carbocycles. The summed E-state index contributed by atoms with van der Waals surface area (Å²) in [5.41, 5.74) is 11.3. The van der Waals surface area contributed by atoms with Crippen molar-refractivity contribution in [3.05, 3.63) is 54.0 Å². The molecule has 7 nitrogen and oxygen atoms in total. The van der Waals surface area contributed by atoms with Crippen molar-refractivity contribution >= 4 is 29.1 Å². The third-order valence-corrected chi connectivity index (χ3v) is 8.93. The molecular weight excluding hydrogens is 454 g/mol. The number of aryl methyl sites for hydroxylation is 1. The van der Waals surface area contributed by atoms with Gasteiger partial charge in [0.05, 0.1) is 5.69 Å². The van der Waals surface area contributed by atoms with Crippen molar-refractivity contribution in [2.24, 2.45) is 5.92 Å². The van der Waals surface area contributed by atoms with Crippen LogP contribution in [0.15, 0.2) is 42.9 Å². The lowest BCUT2D eigenvalue weighted by Crippen LogP contribution is -2.50. The number of nitrogen functional groups attached to an aromatic ring is 1. The van der Waals surface area contributed by atoms with Crippen molar-refractivity contribution < 1.29 is 0 Å². The molecule has 3 aliphatic rings. The Morgan fingerprint density at radius 1 is 1.11 bits per heavy atom. The van der Waals surface area contributed by atoms with Crippen molar-refractivity contribution in [3.8, 4) is 0 Å². The molecule has 1 atom stereocenters. The molecule has 35 heavy (non-hydrogen) atoms. The predicted octanol–water partition coefficient (Wildman–Crippen LogP) is 4.16. The van der Waals surface area contributed by atoms with Gasteiger partial charge in [-0.2, -0.15) is 0 Å². The molecule has 3 aliphatic heterocycles. The molecule has 5 rings (SSSR count). The number of allylic oxidation sites excluding steroid dienone is 1. The summed E-state index contributed by atoms with van der Waals surface area (Å²) in [6, 6.07) is 6.85. The monoisotopic (exact) mass is 493 g/mol. The lowest BCUT2D eigenvalue weighted by Gasteiger charge is -2.43. The van der Waals surface area contributed by atoms with E-state index in [4.69, 9.17) is 10.7 Å². The maximum Gasteiger partial charge on any atom is 0.154 e. The Hall–Kier alpha value is -2.45. The first kappa shape index (κ1) is 24.3. The number of rotatable bonds is 6. The second kappa shape index (κ2) is 10.3. The number of thioether (sulfide) groups is 1. The van der Waals surface area contributed by atoms with Gasteiger partial charge in [-0.05, 0) is 81.3 Å². The van der Waals surface area contributed by atoms with Crippen LogP contribution in [0.3, 0.4) is 0 Å². The Balaban J connectivity index is 1.15. The van der Waals surface area contributed by atoms with Crippen LogP contribution in [0.25, 0.3) is 0 Å². The van der Waals surface area contributed by atoms with E-state index in [2.05, 4.69) is 63.5 Å². The highest BCUT2D eigenvalue weighted by Crippen LogP contribution is 2.43. The van der Waals surface area contributed by atoms with Gasteiger partial charge in [-0.1, -0.05) is 6.58 Å². The molecule has 0 bridgehead atoms. The molecule has 188 valence electrons. The molecule has 2 aromatic heterocycles. The minimum atomic E-state index is 0.319. The van der Waals surface area contributed by atoms with Gasteiger partial charge in [0.25, 0.3) is 0 Å². The Morgan fingerprint density at radius 2 is 1.86 bits per heavy atom. The van der Waals surface area contributed by atoms with Crippen molar-refractivity contribution in [1.82, 2.24) is 19.8 Å². The number of likely N-dealkylation sites (tertiary alicyclic amines) is 2. The highest BCUT2D eigenvalue weighted by Gasteiger charge is 2.40. The summed E-state index contributed by atoms with van der Waals surface area (Å²) in [5.74, 6) is 2.35. The SMILES string of the molecule is C=C(C1CCN(Cc2ccnc(N)c2)CC1)N1CCC(N2c3ncc(C)cc3N(C)C2SC)CC1. The normalized spacial score (nSPS) is 22.0. The maximum atomic E-state index is 5.85. The molecule has 8 heteroatoms. The van der Waals surface area contributed by atoms with E-state index < -0.39 is 0 Å². The molecule has 5 heterocycles. The summed E-state index contributed by atoms with van der Waals surface area (Å²) in [7, 11) is 2.20. The largest absolute Gasteiger partial charge is 0.384 e. The molecule has 0 radical (unpaired) electrons. The summed E-state index contributed by atoms with van der Waals surface area (Å²) in [6.45, 7) is 12.0. The van der Waals surface area contributed by atoms with Crippen molar-refractivity contribution in [2.75, 3.05) is 55.0 Å². The summed E-state index contributed by atoms with van der Waals surface area (Å²) in [6.07, 6.45) is 10.7. The minimum Gasteiger partial charge on any atom is -0.384 e. The van der Waals surface area contributed by atoms with E-state index in [-0.39, 0.29) is 0 Å². The average molecular weight is 494 g/mol. The number of fused-ring (bicyclic) bond motifs is 1. The second-order valence-corrected chi connectivity index (χ2v) is 11.2. The van der Waals surface area contributed by atoms with Gasteiger partial charge in [0.2, 0.25) is 0 Å². The molecule has 0 spiro atoms. The van der Waals surface area contributed by atoms with Crippen LogP contribution in [-0.4, -0.2) is 70.8 Å².